The molecule has 3 N–H and O–H groups in total. The highest BCUT2D eigenvalue weighted by Gasteiger charge is 2.08. The molecule has 6 nitrogen and oxygen atoms in total. The van der Waals surface area contributed by atoms with E-state index in [1.54, 1.807) is 44.7 Å². The Balaban J connectivity index is 1.88. The van der Waals surface area contributed by atoms with Crippen molar-refractivity contribution >= 4 is 17.3 Å². The van der Waals surface area contributed by atoms with Crippen LogP contribution in [-0.4, -0.2) is 24.2 Å². The van der Waals surface area contributed by atoms with E-state index in [4.69, 9.17) is 15.2 Å². The molecule has 7 heteroatoms. The number of ether oxygens (including phenoxy) is 2. The first kappa shape index (κ1) is 16.5. The molecule has 0 saturated carbocycles. The van der Waals surface area contributed by atoms with Crippen molar-refractivity contribution in [3.63, 3.8) is 0 Å². The van der Waals surface area contributed by atoms with E-state index in [9.17, 15) is 4.39 Å². The molecule has 0 saturated heterocycles. The maximum Gasteiger partial charge on any atom is 0.227 e. The zero-order chi connectivity index (χ0) is 17.8. The highest BCUT2D eigenvalue weighted by Crippen LogP contribution is 2.31. The second-order valence-electron chi connectivity index (χ2n) is 5.20. The van der Waals surface area contributed by atoms with Crippen molar-refractivity contribution in [1.29, 1.82) is 0 Å². The van der Waals surface area contributed by atoms with E-state index < -0.39 is 5.82 Å². The number of nitrogen functional groups attached to an aromatic ring is 1. The van der Waals surface area contributed by atoms with Crippen molar-refractivity contribution < 1.29 is 13.9 Å². The van der Waals surface area contributed by atoms with Crippen LogP contribution in [0.3, 0.4) is 0 Å². The van der Waals surface area contributed by atoms with Crippen LogP contribution in [0.4, 0.5) is 21.7 Å². The molecule has 2 aromatic carbocycles. The third-order valence-electron chi connectivity index (χ3n) is 3.59. The molecule has 0 amide bonds. The summed E-state index contributed by atoms with van der Waals surface area (Å²) in [6.45, 7) is 0. The first-order valence-corrected chi connectivity index (χ1v) is 7.48. The molecule has 3 rings (SSSR count). The zero-order valence-electron chi connectivity index (χ0n) is 13.8. The first-order chi connectivity index (χ1) is 12.1. The molecule has 0 unspecified atom stereocenters. The minimum Gasteiger partial charge on any atom is -0.493 e. The molecule has 128 valence electrons. The van der Waals surface area contributed by atoms with Gasteiger partial charge in [-0.2, -0.15) is 0 Å². The molecule has 0 atom stereocenters. The third-order valence-corrected chi connectivity index (χ3v) is 3.59. The van der Waals surface area contributed by atoms with E-state index in [1.807, 2.05) is 6.07 Å². The Hall–Kier alpha value is -3.35. The van der Waals surface area contributed by atoms with Crippen LogP contribution in [0.2, 0.25) is 0 Å². The topological polar surface area (TPSA) is 82.3 Å². The molecule has 0 aliphatic heterocycles. The van der Waals surface area contributed by atoms with Crippen LogP contribution < -0.4 is 20.5 Å². The maximum absolute atomic E-state index is 13.3. The Morgan fingerprint density at radius 1 is 1.00 bits per heavy atom. The largest absolute Gasteiger partial charge is 0.493 e. The lowest BCUT2D eigenvalue weighted by molar-refractivity contribution is 0.355. The van der Waals surface area contributed by atoms with Crippen molar-refractivity contribution in [2.75, 3.05) is 25.3 Å². The Kier molecular flexibility index (Phi) is 4.65. The number of rotatable bonds is 5. The van der Waals surface area contributed by atoms with Gasteiger partial charge in [-0.05, 0) is 36.4 Å². The van der Waals surface area contributed by atoms with Gasteiger partial charge in [-0.1, -0.05) is 0 Å². The predicted molar refractivity (Wildman–Crippen MR) is 94.7 cm³/mol. The zero-order valence-corrected chi connectivity index (χ0v) is 13.8. The summed E-state index contributed by atoms with van der Waals surface area (Å²) < 4.78 is 23.8. The summed E-state index contributed by atoms with van der Waals surface area (Å²) in [6.07, 6.45) is 1.62. The van der Waals surface area contributed by atoms with Gasteiger partial charge in [-0.25, -0.2) is 14.4 Å². The molecule has 0 spiro atoms. The molecular weight excluding hydrogens is 323 g/mol. The summed E-state index contributed by atoms with van der Waals surface area (Å²) in [4.78, 5) is 8.63. The fourth-order valence-corrected chi connectivity index (χ4v) is 2.33. The molecule has 0 radical (unpaired) electrons. The van der Waals surface area contributed by atoms with E-state index in [1.165, 1.54) is 12.1 Å². The number of nitrogens with zero attached hydrogens (tertiary/aromatic N) is 2. The molecule has 25 heavy (non-hydrogen) atoms. The van der Waals surface area contributed by atoms with Gasteiger partial charge in [0.1, 0.15) is 5.82 Å². The van der Waals surface area contributed by atoms with Gasteiger partial charge < -0.3 is 20.5 Å². The van der Waals surface area contributed by atoms with Gasteiger partial charge in [-0.15, -0.1) is 0 Å². The quantitative estimate of drug-likeness (QED) is 0.690. The second kappa shape index (κ2) is 7.04. The number of nitrogens with two attached hydrogens (primary N) is 1. The van der Waals surface area contributed by atoms with Crippen molar-refractivity contribution in [2.24, 2.45) is 0 Å². The van der Waals surface area contributed by atoms with Gasteiger partial charge in [0.25, 0.3) is 0 Å². The lowest BCUT2D eigenvalue weighted by Crippen LogP contribution is -1.99. The second-order valence-corrected chi connectivity index (χ2v) is 5.20. The number of benzene rings is 2. The summed E-state index contributed by atoms with van der Waals surface area (Å²) in [6, 6.07) is 11.6. The Morgan fingerprint density at radius 2 is 1.80 bits per heavy atom. The van der Waals surface area contributed by atoms with Crippen molar-refractivity contribution in [3.05, 3.63) is 54.5 Å². The summed E-state index contributed by atoms with van der Waals surface area (Å²) in [5, 5.41) is 3.10. The Bertz CT molecular complexity index is 902. The molecular formula is C18H17FN4O2. The Morgan fingerprint density at radius 3 is 2.52 bits per heavy atom. The van der Waals surface area contributed by atoms with Crippen molar-refractivity contribution in [3.8, 4) is 22.8 Å². The van der Waals surface area contributed by atoms with Crippen molar-refractivity contribution in [1.82, 2.24) is 9.97 Å². The lowest BCUT2D eigenvalue weighted by atomic mass is 10.1. The van der Waals surface area contributed by atoms with E-state index in [2.05, 4.69) is 15.3 Å². The van der Waals surface area contributed by atoms with Gasteiger partial charge in [-0.3, -0.25) is 0 Å². The van der Waals surface area contributed by atoms with Crippen LogP contribution >= 0.6 is 0 Å². The fourth-order valence-electron chi connectivity index (χ4n) is 2.33. The molecule has 0 bridgehead atoms. The Labute approximate surface area is 144 Å². The monoisotopic (exact) mass is 340 g/mol. The van der Waals surface area contributed by atoms with Crippen molar-refractivity contribution in [2.45, 2.75) is 0 Å². The van der Waals surface area contributed by atoms with Crippen LogP contribution in [-0.2, 0) is 0 Å². The van der Waals surface area contributed by atoms with E-state index in [0.717, 1.165) is 5.69 Å². The molecule has 0 aliphatic rings. The van der Waals surface area contributed by atoms with Crippen LogP contribution in [0.1, 0.15) is 0 Å². The highest BCUT2D eigenvalue weighted by molar-refractivity contribution is 5.66. The smallest absolute Gasteiger partial charge is 0.227 e. The lowest BCUT2D eigenvalue weighted by Gasteiger charge is -2.11. The summed E-state index contributed by atoms with van der Waals surface area (Å²) >= 11 is 0. The van der Waals surface area contributed by atoms with Crippen LogP contribution in [0.5, 0.6) is 11.5 Å². The van der Waals surface area contributed by atoms with Gasteiger partial charge in [0.05, 0.1) is 25.6 Å². The number of nitrogens with one attached hydrogen (secondary N) is 1. The summed E-state index contributed by atoms with van der Waals surface area (Å²) in [5.74, 6) is 1.16. The molecule has 1 aromatic heterocycles. The fraction of sp³-hybridized carbons (Fsp3) is 0.111. The minimum atomic E-state index is -0.457. The summed E-state index contributed by atoms with van der Waals surface area (Å²) in [7, 11) is 3.14. The molecule has 0 aliphatic carbocycles. The molecule has 0 fully saturated rings. The average molecular weight is 340 g/mol. The van der Waals surface area contributed by atoms with Crippen LogP contribution in [0.15, 0.2) is 48.7 Å². The maximum atomic E-state index is 13.3. The molecule has 1 heterocycles. The number of methoxy groups -OCH3 is 2. The predicted octanol–water partition coefficient (Wildman–Crippen LogP) is 3.63. The number of hydrogen-bond donors (Lipinski definition) is 2. The van der Waals surface area contributed by atoms with Gasteiger partial charge in [0.2, 0.25) is 5.95 Å². The van der Waals surface area contributed by atoms with Gasteiger partial charge >= 0.3 is 0 Å². The van der Waals surface area contributed by atoms with Crippen LogP contribution in [0, 0.1) is 5.82 Å². The minimum absolute atomic E-state index is 0.0745. The third kappa shape index (κ3) is 3.60. The number of anilines is 3. The number of aromatic nitrogens is 2. The van der Waals surface area contributed by atoms with Gasteiger partial charge in [0.15, 0.2) is 11.5 Å². The van der Waals surface area contributed by atoms with Gasteiger partial charge in [0, 0.05) is 23.5 Å². The molecule has 3 aromatic rings. The average Bonchev–Trinajstić information content (AvgIpc) is 2.64. The summed E-state index contributed by atoms with van der Waals surface area (Å²) in [5.41, 5.74) is 7.77. The SMILES string of the molecule is COc1ccc(Nc2nccc(-c3ccc(F)c(N)c3)n2)cc1OC. The van der Waals surface area contributed by atoms with E-state index in [0.29, 0.717) is 28.7 Å². The highest BCUT2D eigenvalue weighted by atomic mass is 19.1. The normalized spacial score (nSPS) is 10.4. The van der Waals surface area contributed by atoms with E-state index in [-0.39, 0.29) is 5.69 Å². The standard InChI is InChI=1S/C18H17FN4O2/c1-24-16-6-4-12(10-17(16)25-2)22-18-21-8-7-15(23-18)11-3-5-13(19)14(20)9-11/h3-10H,20H2,1-2H3,(H,21,22,23). The van der Waals surface area contributed by atoms with Crippen LogP contribution in [0.25, 0.3) is 11.3 Å². The number of halogens is 1. The number of hydrogen-bond acceptors (Lipinski definition) is 6. The first-order valence-electron chi connectivity index (χ1n) is 7.48. The van der Waals surface area contributed by atoms with E-state index >= 15 is 0 Å².